The smallest absolute Gasteiger partial charge is 0.0709 e. The summed E-state index contributed by atoms with van der Waals surface area (Å²) in [7, 11) is 0. The zero-order chi connectivity index (χ0) is 57.8. The Morgan fingerprint density at radius 2 is 0.725 bits per heavy atom. The van der Waals surface area contributed by atoms with Crippen LogP contribution in [0.15, 0.2) is 187 Å². The third-order valence-electron chi connectivity index (χ3n) is 8.68. The van der Waals surface area contributed by atoms with Crippen molar-refractivity contribution in [1.82, 2.24) is 13.7 Å². The highest BCUT2D eigenvalue weighted by Crippen LogP contribution is 2.41. The fraction of sp³-hybridized carbons (Fsp3) is 0. The predicted octanol–water partition coefficient (Wildman–Crippen LogP) is 12.6. The first-order valence-corrected chi connectivity index (χ1v) is 15.3. The van der Waals surface area contributed by atoms with E-state index in [0.717, 1.165) is 19.8 Å². The van der Waals surface area contributed by atoms with E-state index in [9.17, 15) is 9.60 Å². The average Bonchev–Trinajstić information content (AvgIpc) is 3.62. The van der Waals surface area contributed by atoms with E-state index in [2.05, 4.69) is 0 Å². The van der Waals surface area contributed by atoms with Crippen LogP contribution in [0.4, 0.5) is 0 Å². The number of hydrogen-bond acceptors (Lipinski definition) is 0. The largest absolute Gasteiger partial charge is 0.309 e. The van der Waals surface area contributed by atoms with Crippen LogP contribution in [-0.4, -0.2) is 13.7 Å². The van der Waals surface area contributed by atoms with Crippen molar-refractivity contribution < 1.29 is 38.4 Å². The minimum Gasteiger partial charge on any atom is -0.309 e. The second kappa shape index (κ2) is 10.8. The maximum Gasteiger partial charge on any atom is 0.0709 e. The molecule has 3 heterocycles. The summed E-state index contributed by atoms with van der Waals surface area (Å²) in [6.07, 6.45) is 0. The van der Waals surface area contributed by atoms with Crippen LogP contribution < -0.4 is 0 Å². The summed E-state index contributed by atoms with van der Waals surface area (Å²) in [6, 6.07) is -19.6. The van der Waals surface area contributed by atoms with Crippen LogP contribution in [0.25, 0.3) is 93.6 Å². The van der Waals surface area contributed by atoms with E-state index in [1.807, 2.05) is 0 Å². The lowest BCUT2D eigenvalue weighted by atomic mass is 10.0. The molecule has 0 aliphatic carbocycles. The molecular formula is C48H31N3. The van der Waals surface area contributed by atoms with Gasteiger partial charge in [0.05, 0.1) is 82.9 Å². The molecule has 0 unspecified atom stereocenters. The molecule has 3 nitrogen and oxygen atoms in total. The Hall–Kier alpha value is -6.84. The van der Waals surface area contributed by atoms with Gasteiger partial charge in [-0.15, -0.1) is 0 Å². The van der Waals surface area contributed by atoms with Crippen LogP contribution in [0.2, 0.25) is 0 Å². The summed E-state index contributed by atoms with van der Waals surface area (Å²) in [5.41, 5.74) is -5.48. The second-order valence-corrected chi connectivity index (χ2v) is 11.3. The molecule has 3 heteroatoms. The van der Waals surface area contributed by atoms with Crippen LogP contribution in [0, 0.1) is 0 Å². The van der Waals surface area contributed by atoms with Gasteiger partial charge in [-0.1, -0.05) is 127 Å². The van der Waals surface area contributed by atoms with Gasteiger partial charge < -0.3 is 13.7 Å². The van der Waals surface area contributed by atoms with Crippen molar-refractivity contribution in [3.63, 3.8) is 0 Å². The van der Waals surface area contributed by atoms with Gasteiger partial charge in [-0.2, -0.15) is 0 Å². The molecule has 11 aromatic rings. The molecule has 8 aromatic carbocycles. The van der Waals surface area contributed by atoms with Gasteiger partial charge in [0.1, 0.15) is 0 Å². The molecule has 0 N–H and O–H groups in total. The van der Waals surface area contributed by atoms with Crippen molar-refractivity contribution in [3.05, 3.63) is 187 Å². The van der Waals surface area contributed by atoms with Crippen molar-refractivity contribution >= 4 is 65.4 Å². The number of aromatic nitrogens is 3. The van der Waals surface area contributed by atoms with Crippen molar-refractivity contribution in [3.8, 4) is 28.2 Å². The molecule has 0 amide bonds. The zero-order valence-corrected chi connectivity index (χ0v) is 25.6. The maximum atomic E-state index is 10.1. The summed E-state index contributed by atoms with van der Waals surface area (Å²) < 4.78 is 255. The van der Waals surface area contributed by atoms with E-state index in [1.54, 1.807) is 0 Å². The van der Waals surface area contributed by atoms with Gasteiger partial charge in [-0.05, 0) is 71.6 Å². The number of rotatable bonds is 4. The minimum atomic E-state index is -0.979. The SMILES string of the molecule is [2H]c1c([2H])c([2H])c(-c2ccc(-n3c4c([2H])c([2H])c([2H])c([2H])c4c4c([2H])c(-n5c6c([2H])c([2H])c([2H])c([2H])c6c6c([2H])c([2H])c([2H])c([2H])c65)c([2H])c([2H])c43)c(-n3c4c([2H])c([2H])c([2H])c([2H])c4c4c([2H])c([2H])c([2H])c([2H])c43)c2)c([2H])c1[2H]. The first-order valence-electron chi connectivity index (χ1n) is 29.3. The van der Waals surface area contributed by atoms with Crippen LogP contribution in [0.1, 0.15) is 38.4 Å². The van der Waals surface area contributed by atoms with Gasteiger partial charge in [0.2, 0.25) is 0 Å². The lowest BCUT2D eigenvalue weighted by molar-refractivity contribution is 1.09. The summed E-state index contributed by atoms with van der Waals surface area (Å²) in [4.78, 5) is 0. The molecule has 0 saturated heterocycles. The Kier molecular flexibility index (Phi) is 2.59. The molecule has 0 atom stereocenters. The number of fused-ring (bicyclic) bond motifs is 9. The van der Waals surface area contributed by atoms with E-state index < -0.39 is 252 Å². The topological polar surface area (TPSA) is 14.8 Å². The second-order valence-electron chi connectivity index (χ2n) is 11.3. The van der Waals surface area contributed by atoms with Gasteiger partial charge in [0.25, 0.3) is 0 Å². The average molecular weight is 678 g/mol. The molecule has 51 heavy (non-hydrogen) atoms. The van der Waals surface area contributed by atoms with Crippen molar-refractivity contribution in [2.24, 2.45) is 0 Å². The molecule has 0 spiro atoms. The first-order chi connectivity index (χ1) is 37.0. The van der Waals surface area contributed by atoms with E-state index in [1.165, 1.54) is 12.1 Å². The van der Waals surface area contributed by atoms with Gasteiger partial charge in [0, 0.05) is 38.0 Å². The Bertz CT molecular complexity index is 4580. The predicted molar refractivity (Wildman–Crippen MR) is 215 cm³/mol. The van der Waals surface area contributed by atoms with Crippen LogP contribution in [0.5, 0.6) is 0 Å². The lowest BCUT2D eigenvalue weighted by Gasteiger charge is -2.18. The van der Waals surface area contributed by atoms with Crippen LogP contribution >= 0.6 is 0 Å². The number of nitrogens with zero attached hydrogens (tertiary/aromatic N) is 3. The third kappa shape index (κ3) is 4.06. The quantitative estimate of drug-likeness (QED) is 0.176. The van der Waals surface area contributed by atoms with Crippen molar-refractivity contribution in [1.29, 1.82) is 0 Å². The molecule has 11 rings (SSSR count). The highest BCUT2D eigenvalue weighted by atomic mass is 15.1. The van der Waals surface area contributed by atoms with E-state index in [4.69, 9.17) is 28.8 Å². The maximum absolute atomic E-state index is 10.1. The van der Waals surface area contributed by atoms with Gasteiger partial charge >= 0.3 is 0 Å². The summed E-state index contributed by atoms with van der Waals surface area (Å²) in [5.74, 6) is 0. The molecule has 0 aliphatic rings. The number of para-hydroxylation sites is 5. The Labute approximate surface area is 333 Å². The summed E-state index contributed by atoms with van der Waals surface area (Å²) >= 11 is 0. The molecule has 0 fully saturated rings. The van der Waals surface area contributed by atoms with Crippen LogP contribution in [-0.2, 0) is 0 Å². The van der Waals surface area contributed by atoms with Gasteiger partial charge in [-0.25, -0.2) is 0 Å². The first kappa shape index (κ1) is 12.2. The van der Waals surface area contributed by atoms with Crippen LogP contribution in [0.3, 0.4) is 0 Å². The lowest BCUT2D eigenvalue weighted by Crippen LogP contribution is -2.04. The van der Waals surface area contributed by atoms with E-state index in [-0.39, 0.29) is 11.3 Å². The molecule has 0 bridgehead atoms. The Morgan fingerprint density at radius 1 is 0.314 bits per heavy atom. The fourth-order valence-corrected chi connectivity index (χ4v) is 6.60. The number of hydrogen-bond donors (Lipinski definition) is 0. The minimum absolute atomic E-state index is 0.216. The van der Waals surface area contributed by atoms with Crippen molar-refractivity contribution in [2.45, 2.75) is 0 Å². The normalized spacial score (nSPS) is 19.6. The van der Waals surface area contributed by atoms with Crippen molar-refractivity contribution in [2.75, 3.05) is 0 Å². The fourth-order valence-electron chi connectivity index (χ4n) is 6.60. The molecule has 3 aromatic heterocycles. The van der Waals surface area contributed by atoms with E-state index >= 15 is 0 Å². The highest BCUT2D eigenvalue weighted by Gasteiger charge is 2.21. The number of benzene rings is 8. The molecule has 238 valence electrons. The molecule has 0 radical (unpaired) electrons. The molecular weight excluding hydrogens is 619 g/mol. The third-order valence-corrected chi connectivity index (χ3v) is 8.68. The van der Waals surface area contributed by atoms with E-state index in [0.29, 0.717) is 0 Å². The van der Waals surface area contributed by atoms with Gasteiger partial charge in [-0.3, -0.25) is 0 Å². The monoisotopic (exact) mass is 677 g/mol. The standard InChI is InChI=1S/C48H31N3/c1-2-14-32(15-3-1)33-26-28-47(48(30-33)51-43-23-11-6-18-37(43)38-19-7-12-24-44(38)51)50-45-25-13-8-20-39(45)40-31-34(27-29-46(40)50)49-41-21-9-4-16-35(41)36-17-5-10-22-42(36)49/h1-31H/i1D,2D,3D,4D,5D,6D,7D,8D,9D,10D,11D,12D,13D,14D,15D,16D,17D,18D,19D,20D,21D,22D,23D,24D,25D,27D,29D,31D. The zero-order valence-electron chi connectivity index (χ0n) is 53.6. The summed E-state index contributed by atoms with van der Waals surface area (Å²) in [6.45, 7) is 0. The summed E-state index contributed by atoms with van der Waals surface area (Å²) in [5, 5.41) is -2.86. The Morgan fingerprint density at radius 3 is 1.25 bits per heavy atom. The highest BCUT2D eigenvalue weighted by molar-refractivity contribution is 6.13. The molecule has 0 saturated carbocycles. The van der Waals surface area contributed by atoms with Gasteiger partial charge in [0.15, 0.2) is 0 Å². The Balaban J connectivity index is 1.43. The molecule has 0 aliphatic heterocycles.